The summed E-state index contributed by atoms with van der Waals surface area (Å²) in [5, 5.41) is 15.2. The van der Waals surface area contributed by atoms with Gasteiger partial charge >= 0.3 is 0 Å². The first-order valence-corrected chi connectivity index (χ1v) is 3.15. The molecule has 72 valence electrons. The molecule has 0 bridgehead atoms. The topological polar surface area (TPSA) is 93.1 Å². The second kappa shape index (κ2) is 16.4. The molecular formula is C6H12O6. The lowest BCUT2D eigenvalue weighted by atomic mass is 10.8. The maximum Gasteiger partial charge on any atom is 0.293 e. The zero-order valence-electron chi connectivity index (χ0n) is 6.51. The van der Waals surface area contributed by atoms with Crippen molar-refractivity contribution in [3.63, 3.8) is 0 Å². The normalized spacial score (nSPS) is 7.50. The van der Waals surface area contributed by atoms with Crippen molar-refractivity contribution in [2.75, 3.05) is 26.4 Å². The molecule has 0 aromatic carbocycles. The SMILES string of the molecule is O=COCCOC=O.OCCO. The summed E-state index contributed by atoms with van der Waals surface area (Å²) in [5.41, 5.74) is 0. The van der Waals surface area contributed by atoms with Crippen LogP contribution in [-0.4, -0.2) is 49.6 Å². The highest BCUT2D eigenvalue weighted by atomic mass is 16.6. The quantitative estimate of drug-likeness (QED) is 0.374. The second-order valence-corrected chi connectivity index (χ2v) is 1.38. The van der Waals surface area contributed by atoms with Crippen LogP contribution >= 0.6 is 0 Å². The van der Waals surface area contributed by atoms with Crippen molar-refractivity contribution in [2.45, 2.75) is 0 Å². The van der Waals surface area contributed by atoms with Crippen LogP contribution in [0.4, 0.5) is 0 Å². The number of rotatable bonds is 6. The number of aliphatic hydroxyl groups is 2. The lowest BCUT2D eigenvalue weighted by Crippen LogP contribution is -2.00. The Labute approximate surface area is 69.7 Å². The van der Waals surface area contributed by atoms with E-state index in [-0.39, 0.29) is 26.4 Å². The van der Waals surface area contributed by atoms with Gasteiger partial charge in [-0.15, -0.1) is 0 Å². The first-order chi connectivity index (χ1) is 5.83. The molecule has 0 rings (SSSR count). The molecule has 0 spiro atoms. The number of hydrogen-bond donors (Lipinski definition) is 2. The third-order valence-electron chi connectivity index (χ3n) is 0.555. The summed E-state index contributed by atoms with van der Waals surface area (Å²) in [6.07, 6.45) is 0. The average molecular weight is 180 g/mol. The van der Waals surface area contributed by atoms with E-state index in [2.05, 4.69) is 9.47 Å². The lowest BCUT2D eigenvalue weighted by molar-refractivity contribution is -0.136. The molecule has 0 saturated carbocycles. The number of ether oxygens (including phenoxy) is 2. The molecule has 0 aliphatic carbocycles. The van der Waals surface area contributed by atoms with Crippen molar-refractivity contribution < 1.29 is 29.3 Å². The van der Waals surface area contributed by atoms with Gasteiger partial charge in [0.25, 0.3) is 12.9 Å². The molecule has 0 heterocycles. The van der Waals surface area contributed by atoms with Crippen LogP contribution in [0.15, 0.2) is 0 Å². The fraction of sp³-hybridized carbons (Fsp3) is 0.667. The van der Waals surface area contributed by atoms with E-state index >= 15 is 0 Å². The van der Waals surface area contributed by atoms with Crippen LogP contribution in [0, 0.1) is 0 Å². The number of hydrogen-bond acceptors (Lipinski definition) is 6. The maximum atomic E-state index is 9.40. The van der Waals surface area contributed by atoms with Gasteiger partial charge in [-0.3, -0.25) is 9.59 Å². The number of carbonyl (C=O) groups excluding carboxylic acids is 2. The van der Waals surface area contributed by atoms with Crippen LogP contribution in [0.5, 0.6) is 0 Å². The fourth-order valence-corrected chi connectivity index (χ4v) is 0.192. The van der Waals surface area contributed by atoms with Crippen LogP contribution in [0.25, 0.3) is 0 Å². The van der Waals surface area contributed by atoms with Gasteiger partial charge in [-0.25, -0.2) is 0 Å². The highest BCUT2D eigenvalue weighted by Crippen LogP contribution is 1.68. The number of carbonyl (C=O) groups is 2. The largest absolute Gasteiger partial charge is 0.464 e. The molecule has 12 heavy (non-hydrogen) atoms. The van der Waals surface area contributed by atoms with E-state index in [1.165, 1.54) is 0 Å². The predicted octanol–water partition coefficient (Wildman–Crippen LogP) is -1.70. The monoisotopic (exact) mass is 180 g/mol. The van der Waals surface area contributed by atoms with Gasteiger partial charge in [0, 0.05) is 0 Å². The zero-order chi connectivity index (χ0) is 9.66. The van der Waals surface area contributed by atoms with E-state index in [1.807, 2.05) is 0 Å². The van der Waals surface area contributed by atoms with Crippen molar-refractivity contribution in [3.05, 3.63) is 0 Å². The average Bonchev–Trinajstić information content (AvgIpc) is 2.13. The van der Waals surface area contributed by atoms with Crippen LogP contribution in [0.3, 0.4) is 0 Å². The third-order valence-corrected chi connectivity index (χ3v) is 0.555. The molecule has 0 amide bonds. The van der Waals surface area contributed by atoms with Crippen LogP contribution < -0.4 is 0 Å². The zero-order valence-corrected chi connectivity index (χ0v) is 6.51. The van der Waals surface area contributed by atoms with E-state index in [0.717, 1.165) is 0 Å². The van der Waals surface area contributed by atoms with E-state index in [4.69, 9.17) is 10.2 Å². The van der Waals surface area contributed by atoms with Gasteiger partial charge in [0.05, 0.1) is 13.2 Å². The van der Waals surface area contributed by atoms with Crippen molar-refractivity contribution in [1.29, 1.82) is 0 Å². The summed E-state index contributed by atoms with van der Waals surface area (Å²) in [7, 11) is 0. The van der Waals surface area contributed by atoms with Gasteiger partial charge in [0.2, 0.25) is 0 Å². The Hall–Kier alpha value is -1.14. The molecule has 0 saturated heterocycles. The minimum atomic E-state index is -0.125. The standard InChI is InChI=1S/C4H6O4.C2H6O2/c5-3-7-1-2-8-4-6;3-1-2-4/h3-4H,1-2H2;3-4H,1-2H2. The summed E-state index contributed by atoms with van der Waals surface area (Å²) in [6, 6.07) is 0. The molecule has 6 heteroatoms. The third kappa shape index (κ3) is 23.2. The van der Waals surface area contributed by atoms with E-state index < -0.39 is 0 Å². The minimum Gasteiger partial charge on any atom is -0.464 e. The fourth-order valence-electron chi connectivity index (χ4n) is 0.192. The molecule has 0 fully saturated rings. The van der Waals surface area contributed by atoms with Crippen molar-refractivity contribution in [3.8, 4) is 0 Å². The van der Waals surface area contributed by atoms with Crippen LogP contribution in [0.1, 0.15) is 0 Å². The first-order valence-electron chi connectivity index (χ1n) is 3.15. The van der Waals surface area contributed by atoms with Crippen LogP contribution in [-0.2, 0) is 19.1 Å². The van der Waals surface area contributed by atoms with E-state index in [1.54, 1.807) is 0 Å². The molecular weight excluding hydrogens is 168 g/mol. The Kier molecular flexibility index (Phi) is 18.4. The highest BCUT2D eigenvalue weighted by Gasteiger charge is 1.81. The minimum absolute atomic E-state index is 0.125. The summed E-state index contributed by atoms with van der Waals surface area (Å²) in [4.78, 5) is 18.8. The Balaban J connectivity index is 0. The summed E-state index contributed by atoms with van der Waals surface area (Å²) >= 11 is 0. The van der Waals surface area contributed by atoms with Crippen LogP contribution in [0.2, 0.25) is 0 Å². The molecule has 0 aromatic heterocycles. The van der Waals surface area contributed by atoms with Gasteiger partial charge < -0.3 is 19.7 Å². The molecule has 6 nitrogen and oxygen atoms in total. The molecule has 0 radical (unpaired) electrons. The van der Waals surface area contributed by atoms with Gasteiger partial charge in [0.1, 0.15) is 13.2 Å². The van der Waals surface area contributed by atoms with Crippen molar-refractivity contribution in [1.82, 2.24) is 0 Å². The smallest absolute Gasteiger partial charge is 0.293 e. The molecule has 0 unspecified atom stereocenters. The molecule has 0 aliphatic rings. The lowest BCUT2D eigenvalue weighted by Gasteiger charge is -1.93. The Morgan fingerprint density at radius 1 is 0.917 bits per heavy atom. The van der Waals surface area contributed by atoms with E-state index in [0.29, 0.717) is 12.9 Å². The first kappa shape index (κ1) is 13.4. The molecule has 0 atom stereocenters. The van der Waals surface area contributed by atoms with Crippen molar-refractivity contribution >= 4 is 12.9 Å². The Morgan fingerprint density at radius 3 is 1.42 bits per heavy atom. The van der Waals surface area contributed by atoms with Gasteiger partial charge in [-0.1, -0.05) is 0 Å². The Morgan fingerprint density at radius 2 is 1.25 bits per heavy atom. The summed E-state index contributed by atoms with van der Waals surface area (Å²) in [5.74, 6) is 0. The Bertz CT molecular complexity index is 82.0. The van der Waals surface area contributed by atoms with Gasteiger partial charge in [0.15, 0.2) is 0 Å². The van der Waals surface area contributed by atoms with Crippen molar-refractivity contribution in [2.24, 2.45) is 0 Å². The maximum absolute atomic E-state index is 9.40. The van der Waals surface area contributed by atoms with E-state index in [9.17, 15) is 9.59 Å². The number of aliphatic hydroxyl groups excluding tert-OH is 2. The second-order valence-electron chi connectivity index (χ2n) is 1.38. The van der Waals surface area contributed by atoms with Gasteiger partial charge in [-0.05, 0) is 0 Å². The summed E-state index contributed by atoms with van der Waals surface area (Å²) in [6.45, 7) is 0.604. The summed E-state index contributed by atoms with van der Waals surface area (Å²) < 4.78 is 8.34. The molecule has 0 aliphatic heterocycles. The van der Waals surface area contributed by atoms with Gasteiger partial charge in [-0.2, -0.15) is 0 Å². The predicted molar refractivity (Wildman–Crippen MR) is 38.2 cm³/mol. The molecule has 2 N–H and O–H groups in total. The highest BCUT2D eigenvalue weighted by molar-refractivity contribution is 5.38. The molecule has 0 aromatic rings.